The Labute approximate surface area is 181 Å². The zero-order valence-electron chi connectivity index (χ0n) is 15.3. The molecule has 0 amide bonds. The van der Waals surface area contributed by atoms with Gasteiger partial charge in [0, 0.05) is 34.5 Å². The molecule has 4 rings (SSSR count). The second-order valence-electron chi connectivity index (χ2n) is 5.96. The lowest BCUT2D eigenvalue weighted by atomic mass is 10.1. The zero-order chi connectivity index (χ0) is 20.2. The molecule has 0 radical (unpaired) electrons. The number of methoxy groups -OCH3 is 1. The van der Waals surface area contributed by atoms with Crippen LogP contribution in [0.1, 0.15) is 10.8 Å². The molecular formula is C20H15ClN4O2S2. The number of hydrogen-bond acceptors (Lipinski definition) is 7. The number of aromatic nitrogens is 3. The van der Waals surface area contributed by atoms with Gasteiger partial charge in [-0.2, -0.15) is 5.26 Å². The predicted octanol–water partition coefficient (Wildman–Crippen LogP) is 5.60. The van der Waals surface area contributed by atoms with Gasteiger partial charge in [0.05, 0.1) is 23.9 Å². The number of hydrogen-bond donors (Lipinski definition) is 0. The summed E-state index contributed by atoms with van der Waals surface area (Å²) < 4.78 is 13.6. The average Bonchev–Trinajstić information content (AvgIpc) is 3.42. The van der Waals surface area contributed by atoms with Crippen LogP contribution < -0.4 is 9.47 Å². The molecule has 0 bridgehead atoms. The van der Waals surface area contributed by atoms with E-state index in [1.54, 1.807) is 78.3 Å². The van der Waals surface area contributed by atoms with Crippen molar-refractivity contribution >= 4 is 40.8 Å². The first-order valence-corrected chi connectivity index (χ1v) is 10.8. The fourth-order valence-corrected chi connectivity index (χ4v) is 6.03. The fourth-order valence-electron chi connectivity index (χ4n) is 2.74. The van der Waals surface area contributed by atoms with Crippen molar-refractivity contribution in [2.75, 3.05) is 12.9 Å². The molecule has 1 saturated heterocycles. The molecule has 0 N–H and O–H groups in total. The summed E-state index contributed by atoms with van der Waals surface area (Å²) in [5.41, 5.74) is 1.60. The number of imidazole rings is 1. The minimum Gasteiger partial charge on any atom is -0.481 e. The maximum absolute atomic E-state index is 9.54. The number of allylic oxidation sites excluding steroid dienone is 1. The molecular weight excluding hydrogens is 428 g/mol. The molecule has 1 atom stereocenters. The van der Waals surface area contributed by atoms with Crippen molar-refractivity contribution in [1.29, 1.82) is 5.26 Å². The topological polar surface area (TPSA) is 73.0 Å². The summed E-state index contributed by atoms with van der Waals surface area (Å²) in [7, 11) is 1.57. The maximum Gasteiger partial charge on any atom is 0.213 e. The van der Waals surface area contributed by atoms with Crippen LogP contribution in [0.15, 0.2) is 59.5 Å². The molecule has 3 heterocycles. The van der Waals surface area contributed by atoms with E-state index in [2.05, 4.69) is 16.0 Å². The van der Waals surface area contributed by atoms with Crippen LogP contribution in [0.2, 0.25) is 5.02 Å². The van der Waals surface area contributed by atoms with Crippen LogP contribution in [0.3, 0.4) is 0 Å². The zero-order valence-corrected chi connectivity index (χ0v) is 17.7. The molecule has 1 aliphatic rings. The standard InChI is InChI=1S/C20H15ClN4O2S2/c1-26-19-5-3-14(10-24-19)27-13-2-4-15(16(21)8-13)18-11-28-20(29-18)17(9-22)25-7-6-23-12-25/h2-8,10,12,18H,11H2,1H3/b20-17+. The molecule has 0 saturated carbocycles. The number of benzene rings is 1. The molecule has 3 aromatic rings. The normalized spacial score (nSPS) is 17.6. The SMILES string of the molecule is COc1ccc(Oc2ccc(C3CS/C(=C(/C#N)n4ccnc4)S3)c(Cl)c2)cn1. The molecule has 146 valence electrons. The molecule has 1 fully saturated rings. The summed E-state index contributed by atoms with van der Waals surface area (Å²) in [5, 5.41) is 10.3. The number of nitriles is 1. The van der Waals surface area contributed by atoms with E-state index in [-0.39, 0.29) is 5.25 Å². The third-order valence-corrected chi connectivity index (χ3v) is 7.40. The molecule has 1 aromatic carbocycles. The summed E-state index contributed by atoms with van der Waals surface area (Å²) >= 11 is 9.85. The summed E-state index contributed by atoms with van der Waals surface area (Å²) in [6, 6.07) is 11.5. The Morgan fingerprint density at radius 3 is 2.83 bits per heavy atom. The van der Waals surface area contributed by atoms with Crippen LogP contribution in [0.5, 0.6) is 17.4 Å². The Bertz CT molecular complexity index is 1080. The van der Waals surface area contributed by atoms with Crippen molar-refractivity contribution in [3.05, 3.63) is 70.1 Å². The Morgan fingerprint density at radius 2 is 2.17 bits per heavy atom. The minimum atomic E-state index is 0.158. The number of nitrogens with zero attached hydrogens (tertiary/aromatic N) is 4. The van der Waals surface area contributed by atoms with E-state index >= 15 is 0 Å². The number of halogens is 1. The first kappa shape index (κ1) is 19.7. The van der Waals surface area contributed by atoms with E-state index in [0.717, 1.165) is 15.6 Å². The third-order valence-electron chi connectivity index (χ3n) is 4.15. The van der Waals surface area contributed by atoms with Crippen LogP contribution >= 0.6 is 35.1 Å². The highest BCUT2D eigenvalue weighted by Gasteiger charge is 2.27. The van der Waals surface area contributed by atoms with Crippen LogP contribution in [0, 0.1) is 11.3 Å². The Kier molecular flexibility index (Phi) is 6.00. The highest BCUT2D eigenvalue weighted by Crippen LogP contribution is 2.53. The van der Waals surface area contributed by atoms with Crippen molar-refractivity contribution in [3.63, 3.8) is 0 Å². The van der Waals surface area contributed by atoms with E-state index in [0.29, 0.717) is 28.1 Å². The molecule has 0 spiro atoms. The van der Waals surface area contributed by atoms with Gasteiger partial charge in [0.1, 0.15) is 23.3 Å². The first-order valence-electron chi connectivity index (χ1n) is 8.57. The molecule has 29 heavy (non-hydrogen) atoms. The van der Waals surface area contributed by atoms with E-state index in [4.69, 9.17) is 21.1 Å². The van der Waals surface area contributed by atoms with Crippen molar-refractivity contribution in [1.82, 2.24) is 14.5 Å². The monoisotopic (exact) mass is 442 g/mol. The van der Waals surface area contributed by atoms with Gasteiger partial charge in [-0.1, -0.05) is 17.7 Å². The second-order valence-corrected chi connectivity index (χ2v) is 8.87. The highest BCUT2D eigenvalue weighted by atomic mass is 35.5. The van der Waals surface area contributed by atoms with Gasteiger partial charge < -0.3 is 9.47 Å². The number of thioether (sulfide) groups is 2. The highest BCUT2D eigenvalue weighted by molar-refractivity contribution is 8.25. The lowest BCUT2D eigenvalue weighted by Gasteiger charge is -2.12. The van der Waals surface area contributed by atoms with Gasteiger partial charge >= 0.3 is 0 Å². The molecule has 6 nitrogen and oxygen atoms in total. The Balaban J connectivity index is 1.50. The molecule has 2 aromatic heterocycles. The number of pyridine rings is 1. The van der Waals surface area contributed by atoms with E-state index in [9.17, 15) is 5.26 Å². The third kappa shape index (κ3) is 4.37. The maximum atomic E-state index is 9.54. The lowest BCUT2D eigenvalue weighted by Crippen LogP contribution is -1.95. The van der Waals surface area contributed by atoms with E-state index < -0.39 is 0 Å². The summed E-state index contributed by atoms with van der Waals surface area (Å²) in [6.45, 7) is 0. The summed E-state index contributed by atoms with van der Waals surface area (Å²) in [5.74, 6) is 2.60. The second kappa shape index (κ2) is 8.82. The fraction of sp³-hybridized carbons (Fsp3) is 0.150. The van der Waals surface area contributed by atoms with Gasteiger partial charge in [0.25, 0.3) is 0 Å². The largest absolute Gasteiger partial charge is 0.481 e. The van der Waals surface area contributed by atoms with Crippen LogP contribution in [0.25, 0.3) is 5.70 Å². The molecule has 1 unspecified atom stereocenters. The molecule has 9 heteroatoms. The van der Waals surface area contributed by atoms with Gasteiger partial charge in [0.15, 0.2) is 0 Å². The summed E-state index contributed by atoms with van der Waals surface area (Å²) in [6.07, 6.45) is 6.66. The van der Waals surface area contributed by atoms with Gasteiger partial charge in [-0.3, -0.25) is 4.57 Å². The predicted molar refractivity (Wildman–Crippen MR) is 116 cm³/mol. The quantitative estimate of drug-likeness (QED) is 0.476. The lowest BCUT2D eigenvalue weighted by molar-refractivity contribution is 0.395. The van der Waals surface area contributed by atoms with Gasteiger partial charge in [0.2, 0.25) is 5.88 Å². The average molecular weight is 443 g/mol. The van der Waals surface area contributed by atoms with Crippen LogP contribution in [-0.4, -0.2) is 27.4 Å². The number of ether oxygens (including phenoxy) is 2. The molecule has 1 aliphatic heterocycles. The molecule has 0 aliphatic carbocycles. The van der Waals surface area contributed by atoms with E-state index in [1.807, 2.05) is 12.1 Å². The van der Waals surface area contributed by atoms with Gasteiger partial charge in [-0.15, -0.1) is 23.5 Å². The Hall–Kier alpha value is -2.60. The van der Waals surface area contributed by atoms with Gasteiger partial charge in [-0.25, -0.2) is 9.97 Å². The van der Waals surface area contributed by atoms with Crippen LogP contribution in [-0.2, 0) is 0 Å². The van der Waals surface area contributed by atoms with Crippen LogP contribution in [0.4, 0.5) is 0 Å². The van der Waals surface area contributed by atoms with Crippen molar-refractivity contribution in [2.45, 2.75) is 5.25 Å². The smallest absolute Gasteiger partial charge is 0.213 e. The van der Waals surface area contributed by atoms with Gasteiger partial charge in [-0.05, 0) is 23.8 Å². The first-order chi connectivity index (χ1) is 14.2. The Morgan fingerprint density at radius 1 is 1.31 bits per heavy atom. The summed E-state index contributed by atoms with van der Waals surface area (Å²) in [4.78, 5) is 8.15. The van der Waals surface area contributed by atoms with Crippen molar-refractivity contribution in [2.24, 2.45) is 0 Å². The van der Waals surface area contributed by atoms with E-state index in [1.165, 1.54) is 0 Å². The van der Waals surface area contributed by atoms with Crippen molar-refractivity contribution < 1.29 is 9.47 Å². The minimum absolute atomic E-state index is 0.158. The number of rotatable bonds is 5. The van der Waals surface area contributed by atoms with Crippen molar-refractivity contribution in [3.8, 4) is 23.4 Å².